The highest BCUT2D eigenvalue weighted by Gasteiger charge is 2.50. The molecule has 16 aromatic carbocycles. The molecule has 0 unspecified atom stereocenters. The summed E-state index contributed by atoms with van der Waals surface area (Å²) in [4.78, 5) is 0. The normalized spacial score (nSPS) is 13.9. The van der Waals surface area contributed by atoms with Crippen molar-refractivity contribution in [2.45, 2.75) is 96.3 Å². The Morgan fingerprint density at radius 3 is 0.474 bits per heavy atom. The minimum atomic E-state index is -2.85. The zero-order valence-electron chi connectivity index (χ0n) is 66.3. The highest BCUT2D eigenvalue weighted by Crippen LogP contribution is 2.57. The largest absolute Gasteiger partial charge is 0.179 e. The molecule has 19 rings (SSSR count). The van der Waals surface area contributed by atoms with Crippen LogP contribution < -0.4 is 62.2 Å². The Morgan fingerprint density at radius 2 is 0.307 bits per heavy atom. The maximum atomic E-state index is 2.68. The van der Waals surface area contributed by atoms with Crippen LogP contribution in [-0.4, -0.2) is 24.2 Å². The molecule has 0 atom stereocenters. The summed E-state index contributed by atoms with van der Waals surface area (Å²) in [7, 11) is -8.55. The fraction of sp³-hybridized carbons (Fsp3) is 0.135. The zero-order valence-corrected chi connectivity index (χ0v) is 69.3. The van der Waals surface area contributed by atoms with Gasteiger partial charge in [-0.25, -0.2) is 0 Å². The summed E-state index contributed by atoms with van der Waals surface area (Å²) in [6.45, 7) is 14.7. The number of hydrogen-bond acceptors (Lipinski definition) is 0. The lowest BCUT2D eigenvalue weighted by molar-refractivity contribution is 0.491. The fourth-order valence-corrected chi connectivity index (χ4v) is 36.4. The summed E-state index contributed by atoms with van der Waals surface area (Å²) < 4.78 is 0. The maximum Gasteiger partial charge on any atom is 0.179 e. The molecule has 0 amide bonds. The summed E-state index contributed by atoms with van der Waals surface area (Å²) in [5, 5.41) is 16.8. The standard InChI is InChI=1S/C111H96Si3/c1-7-109(8-2)103-73-79(58-64-97(103)100-67-61-94(76-106(100)109)112(85-40-22-13-23-41-85,86-42-24-14-25-43-86)87-44-26-15-27-45-87)82-70-83(80-59-65-98-101-68-62-95(77-107(101)110(9-3,10-4)104(98)74-80)113(88-46-28-16-29-47-88,89-48-30-17-31-49-89)90-50-32-18-33-51-90)72-84(71-82)81-60-66-99-102-69-63-96(78-108(102)111(11-5,12-6)105(99)75-81)114(91-52-34-19-35-53-91,92-54-36-20-37-55-92)93-56-38-21-39-57-93/h13-78H,7-12H2,1-6H3. The van der Waals surface area contributed by atoms with Crippen LogP contribution in [0.1, 0.15) is 113 Å². The molecule has 0 fully saturated rings. The molecule has 3 aliphatic carbocycles. The molecule has 3 heteroatoms. The summed E-state index contributed by atoms with van der Waals surface area (Å²) >= 11 is 0. The van der Waals surface area contributed by atoms with E-state index in [0.29, 0.717) is 0 Å². The fourth-order valence-electron chi connectivity index (χ4n) is 22.1. The average molecular weight is 1510 g/mol. The Bertz CT molecular complexity index is 5300. The molecule has 0 radical (unpaired) electrons. The second-order valence-electron chi connectivity index (χ2n) is 32.3. The van der Waals surface area contributed by atoms with E-state index < -0.39 is 24.2 Å². The topological polar surface area (TPSA) is 0 Å². The van der Waals surface area contributed by atoms with Crippen molar-refractivity contribution in [3.8, 4) is 66.8 Å². The van der Waals surface area contributed by atoms with Crippen LogP contribution in [0.15, 0.2) is 400 Å². The van der Waals surface area contributed by atoms with Gasteiger partial charge < -0.3 is 0 Å². The van der Waals surface area contributed by atoms with E-state index in [9.17, 15) is 0 Å². The van der Waals surface area contributed by atoms with Crippen LogP contribution >= 0.6 is 0 Å². The smallest absolute Gasteiger partial charge is 0.0642 e. The summed E-state index contributed by atoms with van der Waals surface area (Å²) in [6, 6.07) is 156. The van der Waals surface area contributed by atoms with E-state index in [-0.39, 0.29) is 16.2 Å². The molecular weight excluding hydrogens is 1420 g/mol. The molecule has 0 aromatic heterocycles. The van der Waals surface area contributed by atoms with Gasteiger partial charge in [0.2, 0.25) is 0 Å². The monoisotopic (exact) mass is 1510 g/mol. The van der Waals surface area contributed by atoms with Crippen molar-refractivity contribution < 1.29 is 0 Å². The molecule has 552 valence electrons. The lowest BCUT2D eigenvalue weighted by Crippen LogP contribution is -2.74. The van der Waals surface area contributed by atoms with Crippen molar-refractivity contribution in [3.63, 3.8) is 0 Å². The number of fused-ring (bicyclic) bond motifs is 9. The first kappa shape index (κ1) is 72.4. The van der Waals surface area contributed by atoms with Gasteiger partial charge in [-0.15, -0.1) is 0 Å². The van der Waals surface area contributed by atoms with E-state index in [1.165, 1.54) is 162 Å². The lowest BCUT2D eigenvalue weighted by Gasteiger charge is -2.36. The van der Waals surface area contributed by atoms with Gasteiger partial charge in [0.05, 0.1) is 0 Å². The molecule has 3 aliphatic rings. The summed E-state index contributed by atoms with van der Waals surface area (Å²) in [5.74, 6) is 0. The van der Waals surface area contributed by atoms with Gasteiger partial charge in [-0.3, -0.25) is 0 Å². The van der Waals surface area contributed by atoms with E-state index in [2.05, 4.69) is 442 Å². The van der Waals surface area contributed by atoms with E-state index in [1.54, 1.807) is 0 Å². The first-order valence-electron chi connectivity index (χ1n) is 41.7. The van der Waals surface area contributed by atoms with Crippen LogP contribution in [0.3, 0.4) is 0 Å². The van der Waals surface area contributed by atoms with Crippen LogP contribution in [0.25, 0.3) is 66.8 Å². The van der Waals surface area contributed by atoms with Crippen molar-refractivity contribution in [2.75, 3.05) is 0 Å². The molecule has 0 N–H and O–H groups in total. The van der Waals surface area contributed by atoms with E-state index in [1.807, 2.05) is 0 Å². The predicted octanol–water partition coefficient (Wildman–Crippen LogP) is 20.1. The Hall–Kier alpha value is -11.8. The minimum absolute atomic E-state index is 0.227. The van der Waals surface area contributed by atoms with Gasteiger partial charge >= 0.3 is 0 Å². The summed E-state index contributed by atoms with van der Waals surface area (Å²) in [6.07, 6.45) is 5.87. The van der Waals surface area contributed by atoms with Gasteiger partial charge in [-0.2, -0.15) is 0 Å². The van der Waals surface area contributed by atoms with Crippen molar-refractivity contribution in [1.82, 2.24) is 0 Å². The van der Waals surface area contributed by atoms with E-state index in [0.717, 1.165) is 38.5 Å². The third-order valence-corrected chi connectivity index (χ3v) is 42.1. The van der Waals surface area contributed by atoms with Crippen molar-refractivity contribution >= 4 is 86.5 Å². The molecule has 0 aliphatic heterocycles. The van der Waals surface area contributed by atoms with Gasteiger partial charge in [-0.05, 0) is 237 Å². The van der Waals surface area contributed by atoms with Crippen LogP contribution in [0, 0.1) is 0 Å². The highest BCUT2D eigenvalue weighted by molar-refractivity contribution is 7.21. The lowest BCUT2D eigenvalue weighted by atomic mass is 9.73. The van der Waals surface area contributed by atoms with Gasteiger partial charge in [0.1, 0.15) is 0 Å². The van der Waals surface area contributed by atoms with Crippen molar-refractivity contribution in [1.29, 1.82) is 0 Å². The Labute approximate surface area is 678 Å². The number of hydrogen-bond donors (Lipinski definition) is 0. The minimum Gasteiger partial charge on any atom is -0.0642 e. The number of rotatable bonds is 21. The first-order valence-corrected chi connectivity index (χ1v) is 47.7. The first-order chi connectivity index (χ1) is 56.2. The SMILES string of the molecule is CCC1(CC)c2cc(-c3cc(-c4ccc5c(c4)C(CC)(CC)c4cc([Si](c6ccccc6)(c6ccccc6)c6ccccc6)ccc4-5)cc(-c4ccc5c(c4)C(CC)(CC)c4cc([Si](c6ccccc6)(c6ccccc6)c6ccccc6)ccc4-5)c3)ccc2-c2ccc([Si](c3ccccc3)(c3ccccc3)c3ccccc3)cc21. The molecule has 0 saturated carbocycles. The average Bonchev–Trinajstić information content (AvgIpc) is 0.872. The van der Waals surface area contributed by atoms with Crippen LogP contribution in [0.5, 0.6) is 0 Å². The second kappa shape index (κ2) is 29.3. The molecule has 0 saturated heterocycles. The molecule has 0 bridgehead atoms. The van der Waals surface area contributed by atoms with Crippen LogP contribution in [0.4, 0.5) is 0 Å². The second-order valence-corrected chi connectivity index (χ2v) is 43.7. The Morgan fingerprint density at radius 1 is 0.149 bits per heavy atom. The Kier molecular flexibility index (Phi) is 18.6. The van der Waals surface area contributed by atoms with Crippen molar-refractivity contribution in [2.24, 2.45) is 0 Å². The van der Waals surface area contributed by atoms with Gasteiger partial charge in [0.25, 0.3) is 0 Å². The molecular formula is C111H96Si3. The molecule has 0 nitrogen and oxygen atoms in total. The van der Waals surface area contributed by atoms with Crippen LogP contribution in [-0.2, 0) is 16.2 Å². The quantitative estimate of drug-likeness (QED) is 0.0497. The maximum absolute atomic E-state index is 2.85. The molecule has 16 aromatic rings. The molecule has 0 spiro atoms. The third-order valence-electron chi connectivity index (χ3n) is 27.8. The predicted molar refractivity (Wildman–Crippen MR) is 494 cm³/mol. The molecule has 114 heavy (non-hydrogen) atoms. The van der Waals surface area contributed by atoms with Crippen LogP contribution in [0.2, 0.25) is 0 Å². The highest BCUT2D eigenvalue weighted by atomic mass is 28.3. The van der Waals surface area contributed by atoms with E-state index >= 15 is 0 Å². The summed E-state index contributed by atoms with van der Waals surface area (Å²) in [5.41, 5.74) is 23.6. The molecule has 0 heterocycles. The van der Waals surface area contributed by atoms with Gasteiger partial charge in [-0.1, -0.05) is 406 Å². The number of benzene rings is 16. The van der Waals surface area contributed by atoms with E-state index in [4.69, 9.17) is 0 Å². The van der Waals surface area contributed by atoms with Crippen molar-refractivity contribution in [3.05, 3.63) is 434 Å². The van der Waals surface area contributed by atoms with Gasteiger partial charge in [0, 0.05) is 16.2 Å². The zero-order chi connectivity index (χ0) is 77.2. The van der Waals surface area contributed by atoms with Gasteiger partial charge in [0.15, 0.2) is 24.2 Å². The Balaban J connectivity index is 0.786. The third kappa shape index (κ3) is 10.9.